The fraction of sp³-hybridized carbons (Fsp3) is 0.588. The maximum atomic E-state index is 12.5. The van der Waals surface area contributed by atoms with Crippen LogP contribution in [0.15, 0.2) is 12.1 Å². The van der Waals surface area contributed by atoms with Gasteiger partial charge in [-0.1, -0.05) is 33.8 Å². The van der Waals surface area contributed by atoms with E-state index in [1.54, 1.807) is 7.11 Å². The molecule has 0 aliphatic heterocycles. The van der Waals surface area contributed by atoms with Gasteiger partial charge in [-0.05, 0) is 42.4 Å². The average Bonchev–Trinajstić information content (AvgIpc) is 2.30. The highest BCUT2D eigenvalue weighted by atomic mass is 16.5. The molecule has 1 aromatic rings. The zero-order valence-corrected chi connectivity index (χ0v) is 13.3. The third-order valence-electron chi connectivity index (χ3n) is 4.15. The molecular weight excluding hydrogens is 236 g/mol. The van der Waals surface area contributed by atoms with Gasteiger partial charge in [0.2, 0.25) is 0 Å². The molecule has 0 aromatic heterocycles. The predicted molar refractivity (Wildman–Crippen MR) is 80.0 cm³/mol. The summed E-state index contributed by atoms with van der Waals surface area (Å²) in [7, 11) is 1.63. The van der Waals surface area contributed by atoms with Crippen LogP contribution in [-0.4, -0.2) is 12.9 Å². The van der Waals surface area contributed by atoms with E-state index < -0.39 is 0 Å². The Morgan fingerprint density at radius 1 is 1.26 bits per heavy atom. The molecule has 2 heteroatoms. The fourth-order valence-corrected chi connectivity index (χ4v) is 1.97. The van der Waals surface area contributed by atoms with E-state index in [4.69, 9.17) is 4.74 Å². The van der Waals surface area contributed by atoms with Crippen LogP contribution in [0.25, 0.3) is 0 Å². The average molecular weight is 262 g/mol. The Morgan fingerprint density at radius 3 is 2.32 bits per heavy atom. The molecule has 19 heavy (non-hydrogen) atoms. The van der Waals surface area contributed by atoms with E-state index in [-0.39, 0.29) is 11.2 Å². The van der Waals surface area contributed by atoms with E-state index in [0.717, 1.165) is 16.9 Å². The molecular formula is C17H26O2. The number of methoxy groups -OCH3 is 1. The summed E-state index contributed by atoms with van der Waals surface area (Å²) >= 11 is 0. The zero-order valence-electron chi connectivity index (χ0n) is 13.3. The zero-order chi connectivity index (χ0) is 14.8. The molecule has 1 rings (SSSR count). The molecule has 0 spiro atoms. The Balaban J connectivity index is 3.04. The molecule has 106 valence electrons. The van der Waals surface area contributed by atoms with Crippen molar-refractivity contribution in [1.29, 1.82) is 0 Å². The molecule has 2 nitrogen and oxygen atoms in total. The normalized spacial score (nSPS) is 13.2. The van der Waals surface area contributed by atoms with E-state index in [2.05, 4.69) is 27.7 Å². The van der Waals surface area contributed by atoms with E-state index in [9.17, 15) is 4.79 Å². The smallest absolute Gasteiger partial charge is 0.166 e. The van der Waals surface area contributed by atoms with E-state index in [0.29, 0.717) is 17.9 Å². The number of carbonyl (C=O) groups is 1. The Kier molecular flexibility index (Phi) is 4.78. The second-order valence-electron chi connectivity index (χ2n) is 6.48. The highest BCUT2D eigenvalue weighted by Gasteiger charge is 2.25. The Bertz CT molecular complexity index is 467. The Labute approximate surface area is 117 Å². The molecule has 1 aromatic carbocycles. The maximum absolute atomic E-state index is 12.5. The van der Waals surface area contributed by atoms with Crippen molar-refractivity contribution >= 4 is 5.78 Å². The highest BCUT2D eigenvalue weighted by Crippen LogP contribution is 2.32. The minimum absolute atomic E-state index is 0.142. The standard InChI is InChI=1S/C17H26O2/c1-11-8-9-14(16(19-7)13(11)3)15(18)10-12(2)17(4,5)6/h8-9,12H,10H2,1-7H3. The third-order valence-corrected chi connectivity index (χ3v) is 4.15. The van der Waals surface area contributed by atoms with Crippen LogP contribution < -0.4 is 4.74 Å². The summed E-state index contributed by atoms with van der Waals surface area (Å²) in [4.78, 5) is 12.5. The van der Waals surface area contributed by atoms with Crippen molar-refractivity contribution in [1.82, 2.24) is 0 Å². The van der Waals surface area contributed by atoms with Gasteiger partial charge in [0, 0.05) is 6.42 Å². The van der Waals surface area contributed by atoms with Crippen molar-refractivity contribution in [3.05, 3.63) is 28.8 Å². The fourth-order valence-electron chi connectivity index (χ4n) is 1.97. The minimum Gasteiger partial charge on any atom is -0.496 e. The van der Waals surface area contributed by atoms with Gasteiger partial charge in [0.15, 0.2) is 5.78 Å². The largest absolute Gasteiger partial charge is 0.496 e. The maximum Gasteiger partial charge on any atom is 0.166 e. The van der Waals surface area contributed by atoms with Crippen molar-refractivity contribution in [3.8, 4) is 5.75 Å². The lowest BCUT2D eigenvalue weighted by molar-refractivity contribution is 0.0924. The monoisotopic (exact) mass is 262 g/mol. The predicted octanol–water partition coefficient (Wildman–Crippen LogP) is 4.57. The van der Waals surface area contributed by atoms with Gasteiger partial charge in [0.1, 0.15) is 5.75 Å². The van der Waals surface area contributed by atoms with Crippen LogP contribution in [0.4, 0.5) is 0 Å². The molecule has 0 bridgehead atoms. The summed E-state index contributed by atoms with van der Waals surface area (Å²) in [6, 6.07) is 3.88. The number of ether oxygens (including phenoxy) is 1. The van der Waals surface area contributed by atoms with Crippen LogP contribution in [-0.2, 0) is 0 Å². The van der Waals surface area contributed by atoms with Gasteiger partial charge in [0.25, 0.3) is 0 Å². The second-order valence-corrected chi connectivity index (χ2v) is 6.48. The molecule has 0 N–H and O–H groups in total. The number of carbonyl (C=O) groups excluding carboxylic acids is 1. The lowest BCUT2D eigenvalue weighted by atomic mass is 9.78. The number of rotatable bonds is 4. The number of Topliss-reactive ketones (excluding diaryl/α,β-unsaturated/α-hetero) is 1. The molecule has 0 aliphatic carbocycles. The number of ketones is 1. The van der Waals surface area contributed by atoms with Crippen LogP contribution in [0, 0.1) is 25.2 Å². The summed E-state index contributed by atoms with van der Waals surface area (Å²) in [5, 5.41) is 0. The van der Waals surface area contributed by atoms with Crippen LogP contribution in [0.2, 0.25) is 0 Å². The third kappa shape index (κ3) is 3.59. The van der Waals surface area contributed by atoms with Crippen LogP contribution in [0.3, 0.4) is 0 Å². The molecule has 1 unspecified atom stereocenters. The summed E-state index contributed by atoms with van der Waals surface area (Å²) in [5.41, 5.74) is 3.05. The van der Waals surface area contributed by atoms with Gasteiger partial charge < -0.3 is 4.74 Å². The SMILES string of the molecule is COc1c(C(=O)CC(C)C(C)(C)C)ccc(C)c1C. The van der Waals surface area contributed by atoms with Crippen LogP contribution >= 0.6 is 0 Å². The molecule has 0 fully saturated rings. The number of hydrogen-bond acceptors (Lipinski definition) is 2. The molecule has 1 atom stereocenters. The topological polar surface area (TPSA) is 26.3 Å². The van der Waals surface area contributed by atoms with Crippen molar-refractivity contribution in [3.63, 3.8) is 0 Å². The lowest BCUT2D eigenvalue weighted by Crippen LogP contribution is -2.21. The van der Waals surface area contributed by atoms with E-state index in [1.807, 2.05) is 26.0 Å². The number of benzene rings is 1. The van der Waals surface area contributed by atoms with Crippen molar-refractivity contribution in [2.24, 2.45) is 11.3 Å². The molecule has 0 saturated carbocycles. The van der Waals surface area contributed by atoms with Gasteiger partial charge in [-0.3, -0.25) is 4.79 Å². The molecule has 0 heterocycles. The van der Waals surface area contributed by atoms with Gasteiger partial charge in [-0.25, -0.2) is 0 Å². The first-order valence-corrected chi connectivity index (χ1v) is 6.86. The van der Waals surface area contributed by atoms with Crippen molar-refractivity contribution < 1.29 is 9.53 Å². The van der Waals surface area contributed by atoms with Gasteiger partial charge in [-0.2, -0.15) is 0 Å². The van der Waals surface area contributed by atoms with Gasteiger partial charge >= 0.3 is 0 Å². The molecule has 0 aliphatic rings. The first-order chi connectivity index (χ1) is 8.68. The Morgan fingerprint density at radius 2 is 1.84 bits per heavy atom. The highest BCUT2D eigenvalue weighted by molar-refractivity contribution is 5.99. The quantitative estimate of drug-likeness (QED) is 0.743. The van der Waals surface area contributed by atoms with Gasteiger partial charge in [0.05, 0.1) is 12.7 Å². The van der Waals surface area contributed by atoms with E-state index in [1.165, 1.54) is 0 Å². The van der Waals surface area contributed by atoms with Gasteiger partial charge in [-0.15, -0.1) is 0 Å². The van der Waals surface area contributed by atoms with Crippen LogP contribution in [0.1, 0.15) is 55.6 Å². The minimum atomic E-state index is 0.142. The first-order valence-electron chi connectivity index (χ1n) is 6.86. The molecule has 0 amide bonds. The lowest BCUT2D eigenvalue weighted by Gasteiger charge is -2.27. The summed E-state index contributed by atoms with van der Waals surface area (Å²) in [5.74, 6) is 1.24. The van der Waals surface area contributed by atoms with E-state index >= 15 is 0 Å². The molecule has 0 saturated heterocycles. The Hall–Kier alpha value is -1.31. The number of aryl methyl sites for hydroxylation is 1. The first kappa shape index (κ1) is 15.7. The number of hydrogen-bond donors (Lipinski definition) is 0. The second kappa shape index (κ2) is 5.77. The van der Waals surface area contributed by atoms with Crippen molar-refractivity contribution in [2.75, 3.05) is 7.11 Å². The summed E-state index contributed by atoms with van der Waals surface area (Å²) in [6.07, 6.45) is 0.558. The van der Waals surface area contributed by atoms with Crippen molar-refractivity contribution in [2.45, 2.75) is 48.0 Å². The molecule has 0 radical (unpaired) electrons. The summed E-state index contributed by atoms with van der Waals surface area (Å²) in [6.45, 7) is 12.7. The summed E-state index contributed by atoms with van der Waals surface area (Å²) < 4.78 is 5.42. The van der Waals surface area contributed by atoms with Crippen LogP contribution in [0.5, 0.6) is 5.75 Å².